The van der Waals surface area contributed by atoms with Crippen LogP contribution in [-0.2, 0) is 4.74 Å². The van der Waals surface area contributed by atoms with Crippen LogP contribution in [0.2, 0.25) is 0 Å². The smallest absolute Gasteiger partial charge is 0.409 e. The van der Waals surface area contributed by atoms with Gasteiger partial charge in [0.2, 0.25) is 0 Å². The number of allylic oxidation sites excluding steroid dienone is 1. The van der Waals surface area contributed by atoms with Crippen molar-refractivity contribution in [3.63, 3.8) is 0 Å². The molecule has 1 aliphatic heterocycles. The molecule has 0 radical (unpaired) electrons. The molecule has 4 fully saturated rings. The fourth-order valence-electron chi connectivity index (χ4n) is 9.49. The van der Waals surface area contributed by atoms with Crippen LogP contribution in [0.3, 0.4) is 0 Å². The summed E-state index contributed by atoms with van der Waals surface area (Å²) in [4.78, 5) is 14.5. The van der Waals surface area contributed by atoms with E-state index in [-0.39, 0.29) is 12.2 Å². The first-order valence-electron chi connectivity index (χ1n) is 14.6. The summed E-state index contributed by atoms with van der Waals surface area (Å²) >= 11 is 0. The number of carbonyl (C=O) groups excluding carboxylic acids is 1. The van der Waals surface area contributed by atoms with Crippen LogP contribution >= 0.6 is 0 Å². The van der Waals surface area contributed by atoms with Crippen LogP contribution in [0.1, 0.15) is 98.3 Å². The lowest BCUT2D eigenvalue weighted by molar-refractivity contribution is -0.0618. The number of likely N-dealkylation sites (tertiary alicyclic amines) is 1. The third kappa shape index (κ3) is 4.37. The lowest BCUT2D eigenvalue weighted by Crippen LogP contribution is -2.51. The topological polar surface area (TPSA) is 70.0 Å². The highest BCUT2D eigenvalue weighted by Crippen LogP contribution is 2.67. The van der Waals surface area contributed by atoms with Crippen molar-refractivity contribution in [3.05, 3.63) is 11.6 Å². The van der Waals surface area contributed by atoms with Crippen molar-refractivity contribution >= 4 is 6.09 Å². The number of nitrogens with zero attached hydrogens (tertiary/aromatic N) is 1. The van der Waals surface area contributed by atoms with Gasteiger partial charge in [-0.05, 0) is 111 Å². The molecule has 0 aromatic rings. The van der Waals surface area contributed by atoms with Crippen LogP contribution in [0.5, 0.6) is 0 Å². The fourth-order valence-corrected chi connectivity index (χ4v) is 9.49. The number of aliphatic hydroxyl groups excluding tert-OH is 1. The van der Waals surface area contributed by atoms with Crippen molar-refractivity contribution in [2.75, 3.05) is 19.7 Å². The van der Waals surface area contributed by atoms with Crippen LogP contribution in [0, 0.1) is 40.4 Å². The number of amides is 1. The Hall–Kier alpha value is -1.07. The van der Waals surface area contributed by atoms with Gasteiger partial charge in [-0.1, -0.05) is 39.3 Å². The monoisotopic (exact) mass is 487 g/mol. The predicted molar refractivity (Wildman–Crippen MR) is 138 cm³/mol. The van der Waals surface area contributed by atoms with Crippen molar-refractivity contribution in [3.8, 4) is 0 Å². The second-order valence-electron chi connectivity index (χ2n) is 13.5. The first kappa shape index (κ1) is 25.6. The third-order valence-corrected chi connectivity index (χ3v) is 11.9. The molecule has 0 spiro atoms. The molecule has 4 aliphatic carbocycles. The van der Waals surface area contributed by atoms with Gasteiger partial charge in [0.05, 0.1) is 18.3 Å². The zero-order chi connectivity index (χ0) is 25.0. The zero-order valence-corrected chi connectivity index (χ0v) is 22.6. The Morgan fingerprint density at radius 2 is 1.86 bits per heavy atom. The maximum atomic E-state index is 12.8. The minimum atomic E-state index is -0.611. The zero-order valence-electron chi connectivity index (χ0n) is 22.6. The van der Waals surface area contributed by atoms with Gasteiger partial charge in [-0.2, -0.15) is 0 Å². The highest BCUT2D eigenvalue weighted by atomic mass is 16.6. The standard InChI is InChI=1S/C30H49NO4/c1-5-30(34)14-16-31(17-15-30)27(33)35-19-20(2)24-8-9-25-23-7-6-21-18-22(32)10-12-28(21,3)26(23)11-13-29(24,25)4/h6,20,22-26,32,34H,5,7-19H2,1-4H3/t20?,22-,23-,24+,25-,26-,28-,29+/m0/s1. The number of hydrogen-bond donors (Lipinski definition) is 2. The number of carbonyl (C=O) groups is 1. The van der Waals surface area contributed by atoms with Crippen LogP contribution < -0.4 is 0 Å². The van der Waals surface area contributed by atoms with E-state index in [2.05, 4.69) is 26.8 Å². The van der Waals surface area contributed by atoms with E-state index in [1.165, 1.54) is 32.1 Å². The average molecular weight is 488 g/mol. The summed E-state index contributed by atoms with van der Waals surface area (Å²) in [6.07, 6.45) is 13.6. The Kier molecular flexibility index (Phi) is 6.83. The van der Waals surface area contributed by atoms with E-state index < -0.39 is 5.60 Å². The first-order valence-corrected chi connectivity index (χ1v) is 14.6. The SMILES string of the molecule is CCC1(O)CCN(C(=O)OCC(C)[C@H]2CC[C@H]3[C@@H]4CC=C5C[C@@H](O)CC[C@]5(C)[C@H]4CC[C@]23C)CC1. The van der Waals surface area contributed by atoms with Crippen molar-refractivity contribution in [1.82, 2.24) is 4.90 Å². The van der Waals surface area contributed by atoms with Crippen LogP contribution in [0.25, 0.3) is 0 Å². The van der Waals surface area contributed by atoms with E-state index in [4.69, 9.17) is 4.74 Å². The molecule has 2 N–H and O–H groups in total. The molecule has 5 nitrogen and oxygen atoms in total. The molecule has 1 heterocycles. The van der Waals surface area contributed by atoms with E-state index in [0.29, 0.717) is 55.2 Å². The molecule has 1 amide bonds. The summed E-state index contributed by atoms with van der Waals surface area (Å²) in [5.41, 5.74) is 1.57. The van der Waals surface area contributed by atoms with Crippen molar-refractivity contribution in [2.24, 2.45) is 40.4 Å². The number of aliphatic hydroxyl groups is 2. The minimum Gasteiger partial charge on any atom is -0.449 e. The Labute approximate surface area is 212 Å². The molecular formula is C30H49NO4. The normalized spacial score (nSPS) is 43.4. The third-order valence-electron chi connectivity index (χ3n) is 11.9. The molecule has 5 rings (SSSR count). The Morgan fingerprint density at radius 3 is 2.57 bits per heavy atom. The highest BCUT2D eigenvalue weighted by molar-refractivity contribution is 5.67. The van der Waals surface area contributed by atoms with Crippen molar-refractivity contribution in [2.45, 2.75) is 110 Å². The van der Waals surface area contributed by atoms with E-state index in [0.717, 1.165) is 43.4 Å². The number of rotatable bonds is 4. The fraction of sp³-hybridized carbons (Fsp3) is 0.900. The predicted octanol–water partition coefficient (Wildman–Crippen LogP) is 5.94. The van der Waals surface area contributed by atoms with Gasteiger partial charge in [0.1, 0.15) is 0 Å². The molecule has 1 saturated heterocycles. The lowest BCUT2D eigenvalue weighted by atomic mass is 9.47. The maximum absolute atomic E-state index is 12.8. The number of fused-ring (bicyclic) bond motifs is 5. The molecular weight excluding hydrogens is 438 g/mol. The molecule has 35 heavy (non-hydrogen) atoms. The Balaban J connectivity index is 1.20. The summed E-state index contributed by atoms with van der Waals surface area (Å²) in [6.45, 7) is 11.1. The van der Waals surface area contributed by atoms with E-state index in [9.17, 15) is 15.0 Å². The molecule has 5 heteroatoms. The van der Waals surface area contributed by atoms with Gasteiger partial charge in [-0.3, -0.25) is 0 Å². The maximum Gasteiger partial charge on any atom is 0.409 e. The van der Waals surface area contributed by atoms with E-state index in [1.807, 2.05) is 6.92 Å². The van der Waals surface area contributed by atoms with E-state index >= 15 is 0 Å². The van der Waals surface area contributed by atoms with Gasteiger partial charge >= 0.3 is 6.09 Å². The van der Waals surface area contributed by atoms with Gasteiger partial charge in [0, 0.05) is 13.1 Å². The van der Waals surface area contributed by atoms with Crippen molar-refractivity contribution < 1.29 is 19.7 Å². The highest BCUT2D eigenvalue weighted by Gasteiger charge is 2.59. The largest absolute Gasteiger partial charge is 0.449 e. The first-order chi connectivity index (χ1) is 16.6. The summed E-state index contributed by atoms with van der Waals surface area (Å²) < 4.78 is 5.86. The Morgan fingerprint density at radius 1 is 1.11 bits per heavy atom. The van der Waals surface area contributed by atoms with Gasteiger partial charge in [-0.25, -0.2) is 4.79 Å². The van der Waals surface area contributed by atoms with Crippen molar-refractivity contribution in [1.29, 1.82) is 0 Å². The van der Waals surface area contributed by atoms with Gasteiger partial charge in [0.15, 0.2) is 0 Å². The summed E-state index contributed by atoms with van der Waals surface area (Å²) in [6, 6.07) is 0. The van der Waals surface area contributed by atoms with Gasteiger partial charge in [-0.15, -0.1) is 0 Å². The summed E-state index contributed by atoms with van der Waals surface area (Å²) in [5, 5.41) is 20.7. The van der Waals surface area contributed by atoms with Gasteiger partial charge in [0.25, 0.3) is 0 Å². The number of ether oxygens (including phenoxy) is 1. The molecule has 3 saturated carbocycles. The van der Waals surface area contributed by atoms with E-state index in [1.54, 1.807) is 10.5 Å². The lowest BCUT2D eigenvalue weighted by Gasteiger charge is -2.58. The number of piperidine rings is 1. The van der Waals surface area contributed by atoms with Gasteiger partial charge < -0.3 is 19.8 Å². The Bertz CT molecular complexity index is 832. The number of hydrogen-bond acceptors (Lipinski definition) is 4. The average Bonchev–Trinajstić information content (AvgIpc) is 3.20. The molecule has 1 unspecified atom stereocenters. The second kappa shape index (κ2) is 9.35. The molecule has 0 aromatic carbocycles. The summed E-state index contributed by atoms with van der Waals surface area (Å²) in [5.74, 6) is 3.28. The summed E-state index contributed by atoms with van der Waals surface area (Å²) in [7, 11) is 0. The molecule has 0 bridgehead atoms. The molecule has 198 valence electrons. The molecule has 5 aliphatic rings. The van der Waals surface area contributed by atoms with Crippen LogP contribution in [-0.4, -0.2) is 52.6 Å². The van der Waals surface area contributed by atoms with Crippen LogP contribution in [0.4, 0.5) is 4.79 Å². The van der Waals surface area contributed by atoms with Crippen LogP contribution in [0.15, 0.2) is 11.6 Å². The molecule has 8 atom stereocenters. The molecule has 0 aromatic heterocycles. The minimum absolute atomic E-state index is 0.137. The second-order valence-corrected chi connectivity index (χ2v) is 13.5. The quantitative estimate of drug-likeness (QED) is 0.482.